The minimum atomic E-state index is -0.505. The summed E-state index contributed by atoms with van der Waals surface area (Å²) in [6.07, 6.45) is 6.05. The number of ether oxygens (including phenoxy) is 1. The topological polar surface area (TPSA) is 99.8 Å². The molecule has 2 atom stereocenters. The summed E-state index contributed by atoms with van der Waals surface area (Å²) >= 11 is 0. The highest BCUT2D eigenvalue weighted by Crippen LogP contribution is 2.65. The second-order valence-electron chi connectivity index (χ2n) is 15.9. The maximum absolute atomic E-state index is 14.1. The number of nitrogens with zero attached hydrogens (tertiary/aromatic N) is 1. The summed E-state index contributed by atoms with van der Waals surface area (Å²) in [5.74, 6) is 1.04. The molecule has 2 unspecified atom stereocenters. The van der Waals surface area contributed by atoms with E-state index in [4.69, 9.17) is 4.74 Å². The van der Waals surface area contributed by atoms with E-state index in [0.717, 1.165) is 81.8 Å². The summed E-state index contributed by atoms with van der Waals surface area (Å²) in [7, 11) is 0. The second-order valence-corrected chi connectivity index (χ2v) is 15.9. The predicted molar refractivity (Wildman–Crippen MR) is 208 cm³/mol. The standard InChI is InChI=1S/C45H50N4O4/c50-41(48-38-15-17-39(18-16-38)49-21-23-53-24-22-49)37-13-11-32(12-14-37)30-47-43(52)45-28-33-25-34(29-45)27-44(26-33,31-45)42(51)46-20-19-40(35-7-3-1-4-8-35)36-9-5-2-6-10-36/h1-18,33-34,40H,19-31H2,(H,46,51)(H,47,52)(H,48,50). The highest BCUT2D eigenvalue weighted by Gasteiger charge is 2.63. The number of rotatable bonds is 12. The lowest BCUT2D eigenvalue weighted by atomic mass is 9.43. The van der Waals surface area contributed by atoms with E-state index < -0.39 is 10.8 Å². The lowest BCUT2D eigenvalue weighted by Crippen LogP contribution is -2.61. The number of hydrogen-bond donors (Lipinski definition) is 3. The van der Waals surface area contributed by atoms with Crippen molar-refractivity contribution < 1.29 is 19.1 Å². The average Bonchev–Trinajstić information content (AvgIpc) is 3.19. The van der Waals surface area contributed by atoms with Crippen molar-refractivity contribution in [2.24, 2.45) is 22.7 Å². The van der Waals surface area contributed by atoms with E-state index in [-0.39, 0.29) is 23.6 Å². The van der Waals surface area contributed by atoms with E-state index in [1.54, 1.807) is 0 Å². The molecule has 274 valence electrons. The highest BCUT2D eigenvalue weighted by atomic mass is 16.5. The molecule has 4 aromatic rings. The molecule has 4 aromatic carbocycles. The van der Waals surface area contributed by atoms with Crippen molar-refractivity contribution in [3.63, 3.8) is 0 Å². The van der Waals surface area contributed by atoms with Crippen molar-refractivity contribution in [3.8, 4) is 0 Å². The van der Waals surface area contributed by atoms with Crippen molar-refractivity contribution in [3.05, 3.63) is 131 Å². The largest absolute Gasteiger partial charge is 0.378 e. The van der Waals surface area contributed by atoms with Gasteiger partial charge in [0.15, 0.2) is 0 Å². The number of carbonyl (C=O) groups is 3. The zero-order chi connectivity index (χ0) is 36.3. The van der Waals surface area contributed by atoms with Gasteiger partial charge in [-0.1, -0.05) is 72.8 Å². The molecule has 5 aliphatic rings. The van der Waals surface area contributed by atoms with Crippen molar-refractivity contribution >= 4 is 29.1 Å². The first kappa shape index (κ1) is 35.1. The van der Waals surface area contributed by atoms with Crippen molar-refractivity contribution in [2.75, 3.05) is 43.1 Å². The molecule has 4 aliphatic carbocycles. The summed E-state index contributed by atoms with van der Waals surface area (Å²) in [5.41, 5.74) is 4.89. The minimum Gasteiger partial charge on any atom is -0.378 e. The Labute approximate surface area is 312 Å². The lowest BCUT2D eigenvalue weighted by Gasteiger charge is -2.60. The third-order valence-corrected chi connectivity index (χ3v) is 12.3. The molecule has 9 rings (SSSR count). The molecule has 0 radical (unpaired) electrons. The maximum atomic E-state index is 14.1. The summed E-state index contributed by atoms with van der Waals surface area (Å²) in [6.45, 7) is 4.17. The molecule has 1 aliphatic heterocycles. The number of benzene rings is 4. The Morgan fingerprint density at radius 3 is 1.85 bits per heavy atom. The van der Waals surface area contributed by atoms with Gasteiger partial charge < -0.3 is 25.6 Å². The first-order chi connectivity index (χ1) is 25.9. The normalized spacial score (nSPS) is 24.5. The molecule has 5 fully saturated rings. The fourth-order valence-corrected chi connectivity index (χ4v) is 10.1. The average molecular weight is 711 g/mol. The Hall–Kier alpha value is -4.95. The van der Waals surface area contributed by atoms with Crippen LogP contribution in [-0.2, 0) is 20.9 Å². The Morgan fingerprint density at radius 2 is 1.26 bits per heavy atom. The summed E-state index contributed by atoms with van der Waals surface area (Å²) in [6, 6.07) is 36.4. The Morgan fingerprint density at radius 1 is 0.698 bits per heavy atom. The van der Waals surface area contributed by atoms with Crippen LogP contribution in [0.25, 0.3) is 0 Å². The lowest BCUT2D eigenvalue weighted by molar-refractivity contribution is -0.167. The smallest absolute Gasteiger partial charge is 0.255 e. The molecule has 8 nitrogen and oxygen atoms in total. The van der Waals surface area contributed by atoms with Gasteiger partial charge in [0.25, 0.3) is 5.91 Å². The van der Waals surface area contributed by atoms with Crippen LogP contribution in [0.1, 0.15) is 77.9 Å². The van der Waals surface area contributed by atoms with Gasteiger partial charge >= 0.3 is 0 Å². The zero-order valence-corrected chi connectivity index (χ0v) is 30.4. The van der Waals surface area contributed by atoms with Crippen molar-refractivity contribution in [2.45, 2.75) is 57.4 Å². The van der Waals surface area contributed by atoms with E-state index in [1.807, 2.05) is 60.7 Å². The van der Waals surface area contributed by atoms with E-state index in [9.17, 15) is 14.4 Å². The van der Waals surface area contributed by atoms with Crippen LogP contribution in [0.15, 0.2) is 109 Å². The van der Waals surface area contributed by atoms with Gasteiger partial charge in [0.05, 0.1) is 24.0 Å². The molecule has 0 spiro atoms. The molecule has 0 aromatic heterocycles. The molecule has 1 saturated heterocycles. The van der Waals surface area contributed by atoms with Crippen molar-refractivity contribution in [1.82, 2.24) is 10.6 Å². The zero-order valence-electron chi connectivity index (χ0n) is 30.4. The van der Waals surface area contributed by atoms with E-state index in [0.29, 0.717) is 36.9 Å². The SMILES string of the molecule is O=C(Nc1ccc(N2CCOCC2)cc1)c1ccc(CNC(=O)C23CC4CC(CC(C(=O)NCCC(c5ccccc5)c5ccccc5)(C4)C2)C3)cc1. The number of amides is 3. The van der Waals surface area contributed by atoms with Crippen molar-refractivity contribution in [1.29, 1.82) is 0 Å². The maximum Gasteiger partial charge on any atom is 0.255 e. The number of anilines is 2. The molecule has 1 heterocycles. The molecular weight excluding hydrogens is 661 g/mol. The van der Waals surface area contributed by atoms with Crippen LogP contribution in [0, 0.1) is 22.7 Å². The van der Waals surface area contributed by atoms with Crippen LogP contribution in [0.2, 0.25) is 0 Å². The second kappa shape index (κ2) is 15.2. The minimum absolute atomic E-state index is 0.0688. The van der Waals surface area contributed by atoms with Gasteiger partial charge in [0.2, 0.25) is 11.8 Å². The quantitative estimate of drug-likeness (QED) is 0.143. The van der Waals surface area contributed by atoms with Crippen LogP contribution in [-0.4, -0.2) is 50.6 Å². The van der Waals surface area contributed by atoms with E-state index in [1.165, 1.54) is 11.1 Å². The number of hydrogen-bond acceptors (Lipinski definition) is 5. The van der Waals surface area contributed by atoms with Gasteiger partial charge in [-0.3, -0.25) is 14.4 Å². The monoisotopic (exact) mass is 710 g/mol. The van der Waals surface area contributed by atoms with Gasteiger partial charge in [-0.05, 0) is 110 Å². The molecule has 53 heavy (non-hydrogen) atoms. The predicted octanol–water partition coefficient (Wildman–Crippen LogP) is 7.32. The third kappa shape index (κ3) is 7.61. The third-order valence-electron chi connectivity index (χ3n) is 12.3. The van der Waals surface area contributed by atoms with Gasteiger partial charge in [0, 0.05) is 49.0 Å². The first-order valence-corrected chi connectivity index (χ1v) is 19.4. The number of carbonyl (C=O) groups excluding carboxylic acids is 3. The fourth-order valence-electron chi connectivity index (χ4n) is 10.1. The van der Waals surface area contributed by atoms with Crippen LogP contribution in [0.3, 0.4) is 0 Å². The number of nitrogens with one attached hydrogen (secondary N) is 3. The van der Waals surface area contributed by atoms with Gasteiger partial charge in [-0.15, -0.1) is 0 Å². The summed E-state index contributed by atoms with van der Waals surface area (Å²) in [4.78, 5) is 43.4. The molecule has 4 bridgehead atoms. The van der Waals surface area contributed by atoms with E-state index in [2.05, 4.69) is 69.4 Å². The Kier molecular flexibility index (Phi) is 10.1. The molecule has 3 N–H and O–H groups in total. The number of morpholine rings is 1. The first-order valence-electron chi connectivity index (χ1n) is 19.4. The van der Waals surface area contributed by atoms with E-state index >= 15 is 0 Å². The molecule has 4 saturated carbocycles. The summed E-state index contributed by atoms with van der Waals surface area (Å²) < 4.78 is 5.45. The molecule has 8 heteroatoms. The van der Waals surface area contributed by atoms with Gasteiger partial charge in [-0.2, -0.15) is 0 Å². The van der Waals surface area contributed by atoms with Crippen LogP contribution in [0.5, 0.6) is 0 Å². The summed E-state index contributed by atoms with van der Waals surface area (Å²) in [5, 5.41) is 9.60. The Balaban J connectivity index is 0.860. The van der Waals surface area contributed by atoms with Crippen LogP contribution >= 0.6 is 0 Å². The van der Waals surface area contributed by atoms with Gasteiger partial charge in [-0.25, -0.2) is 0 Å². The van der Waals surface area contributed by atoms with Gasteiger partial charge in [0.1, 0.15) is 0 Å². The molecule has 3 amide bonds. The molecular formula is C45H50N4O4. The highest BCUT2D eigenvalue weighted by molar-refractivity contribution is 6.04. The van der Waals surface area contributed by atoms with Crippen LogP contribution < -0.4 is 20.9 Å². The Bertz CT molecular complexity index is 1840. The van der Waals surface area contributed by atoms with Crippen LogP contribution in [0.4, 0.5) is 11.4 Å². The fraction of sp³-hybridized carbons (Fsp3) is 0.400.